The first-order valence-corrected chi connectivity index (χ1v) is 9.25. The predicted octanol–water partition coefficient (Wildman–Crippen LogP) is 2.57. The van der Waals surface area contributed by atoms with Gasteiger partial charge in [-0.25, -0.2) is 4.98 Å². The minimum atomic E-state index is 0. The van der Waals surface area contributed by atoms with Crippen LogP contribution in [0.5, 0.6) is 0 Å². The number of halogens is 1. The number of guanidine groups is 1. The summed E-state index contributed by atoms with van der Waals surface area (Å²) in [5.74, 6) is 1.02. The zero-order valence-corrected chi connectivity index (χ0v) is 17.3. The summed E-state index contributed by atoms with van der Waals surface area (Å²) >= 11 is 1.79. The molecule has 5 nitrogen and oxygen atoms in total. The molecule has 1 unspecified atom stereocenters. The fourth-order valence-corrected chi connectivity index (χ4v) is 4.22. The highest BCUT2D eigenvalue weighted by Crippen LogP contribution is 2.20. The van der Waals surface area contributed by atoms with Crippen molar-refractivity contribution >= 4 is 41.3 Å². The number of aliphatic imine (C=N–C) groups is 1. The number of rotatable bonds is 4. The first-order chi connectivity index (χ1) is 10.8. The number of hydrogen-bond donors (Lipinski definition) is 1. The lowest BCUT2D eigenvalue weighted by Gasteiger charge is -2.25. The molecule has 0 aromatic carbocycles. The van der Waals surface area contributed by atoms with Crippen molar-refractivity contribution in [1.29, 1.82) is 0 Å². The topological polar surface area (TPSA) is 43.8 Å². The molecule has 1 aromatic rings. The highest BCUT2D eigenvalue weighted by Gasteiger charge is 2.30. The van der Waals surface area contributed by atoms with Crippen molar-refractivity contribution in [3.05, 3.63) is 16.1 Å². The Morgan fingerprint density at radius 1 is 1.39 bits per heavy atom. The van der Waals surface area contributed by atoms with Crippen LogP contribution in [0.25, 0.3) is 0 Å². The summed E-state index contributed by atoms with van der Waals surface area (Å²) in [4.78, 5) is 15.3. The molecule has 7 heteroatoms. The van der Waals surface area contributed by atoms with Gasteiger partial charge in [-0.15, -0.1) is 35.3 Å². The van der Waals surface area contributed by atoms with Crippen molar-refractivity contribution in [3.8, 4) is 0 Å². The lowest BCUT2D eigenvalue weighted by atomic mass is 10.2. The Hall–Kier alpha value is -0.410. The second-order valence-electron chi connectivity index (χ2n) is 6.11. The molecule has 130 valence electrons. The molecule has 0 saturated carbocycles. The molecular formula is C16H28IN5S. The molecule has 2 fully saturated rings. The molecule has 1 atom stereocenters. The van der Waals surface area contributed by atoms with Crippen LogP contribution in [-0.2, 0) is 13.0 Å². The Morgan fingerprint density at radius 2 is 2.17 bits per heavy atom. The quantitative estimate of drug-likeness (QED) is 0.436. The number of hydrogen-bond acceptors (Lipinski definition) is 4. The summed E-state index contributed by atoms with van der Waals surface area (Å²) < 4.78 is 0. The fraction of sp³-hybridized carbons (Fsp3) is 0.750. The van der Waals surface area contributed by atoms with E-state index in [1.807, 2.05) is 13.2 Å². The normalized spacial score (nSPS) is 22.4. The minimum absolute atomic E-state index is 0. The molecule has 3 heterocycles. The average molecular weight is 449 g/mol. The van der Waals surface area contributed by atoms with Gasteiger partial charge in [-0.1, -0.05) is 6.92 Å². The van der Waals surface area contributed by atoms with E-state index in [-0.39, 0.29) is 24.0 Å². The van der Waals surface area contributed by atoms with Crippen molar-refractivity contribution in [1.82, 2.24) is 20.1 Å². The summed E-state index contributed by atoms with van der Waals surface area (Å²) in [5, 5.41) is 4.63. The third-order valence-electron chi connectivity index (χ3n) is 4.68. The number of likely N-dealkylation sites (tertiary alicyclic amines) is 2. The van der Waals surface area contributed by atoms with Crippen LogP contribution in [0.4, 0.5) is 0 Å². The molecule has 23 heavy (non-hydrogen) atoms. The maximum atomic E-state index is 4.47. The van der Waals surface area contributed by atoms with E-state index in [0.29, 0.717) is 6.04 Å². The van der Waals surface area contributed by atoms with Crippen molar-refractivity contribution in [2.45, 2.75) is 45.2 Å². The molecule has 2 saturated heterocycles. The Bertz CT molecular complexity index is 512. The van der Waals surface area contributed by atoms with Crippen LogP contribution in [-0.4, -0.2) is 60.0 Å². The van der Waals surface area contributed by atoms with E-state index in [1.165, 1.54) is 37.2 Å². The van der Waals surface area contributed by atoms with Gasteiger partial charge < -0.3 is 10.2 Å². The monoisotopic (exact) mass is 449 g/mol. The van der Waals surface area contributed by atoms with Crippen LogP contribution in [0.2, 0.25) is 0 Å². The van der Waals surface area contributed by atoms with Gasteiger partial charge in [0.15, 0.2) is 5.96 Å². The SMILES string of the molecule is CCc1cnc(CNC(=NC)N2CCC(N3CCCC3)C2)s1.I. The highest BCUT2D eigenvalue weighted by molar-refractivity contribution is 14.0. The number of nitrogens with one attached hydrogen (secondary N) is 1. The molecule has 3 rings (SSSR count). The van der Waals surface area contributed by atoms with Crippen molar-refractivity contribution < 1.29 is 0 Å². The lowest BCUT2D eigenvalue weighted by Crippen LogP contribution is -2.42. The van der Waals surface area contributed by atoms with Crippen LogP contribution < -0.4 is 5.32 Å². The molecular weight excluding hydrogens is 421 g/mol. The largest absolute Gasteiger partial charge is 0.350 e. The van der Waals surface area contributed by atoms with E-state index in [2.05, 4.69) is 32.0 Å². The summed E-state index contributed by atoms with van der Waals surface area (Å²) in [6.45, 7) is 7.73. The average Bonchev–Trinajstić information content (AvgIpc) is 3.28. The van der Waals surface area contributed by atoms with Gasteiger partial charge in [0.25, 0.3) is 0 Å². The van der Waals surface area contributed by atoms with Gasteiger partial charge in [0, 0.05) is 37.3 Å². The van der Waals surface area contributed by atoms with E-state index in [4.69, 9.17) is 0 Å². The van der Waals surface area contributed by atoms with Crippen LogP contribution in [0.3, 0.4) is 0 Å². The molecule has 1 N–H and O–H groups in total. The predicted molar refractivity (Wildman–Crippen MR) is 108 cm³/mol. The number of aromatic nitrogens is 1. The Balaban J connectivity index is 0.00000192. The van der Waals surface area contributed by atoms with E-state index in [9.17, 15) is 0 Å². The van der Waals surface area contributed by atoms with Crippen molar-refractivity contribution in [2.75, 3.05) is 33.2 Å². The Morgan fingerprint density at radius 3 is 2.83 bits per heavy atom. The van der Waals surface area contributed by atoms with Gasteiger partial charge >= 0.3 is 0 Å². The molecule has 2 aliphatic heterocycles. The highest BCUT2D eigenvalue weighted by atomic mass is 127. The summed E-state index contributed by atoms with van der Waals surface area (Å²) in [6, 6.07) is 0.715. The van der Waals surface area contributed by atoms with E-state index < -0.39 is 0 Å². The van der Waals surface area contributed by atoms with Gasteiger partial charge in [0.2, 0.25) is 0 Å². The van der Waals surface area contributed by atoms with E-state index in [1.54, 1.807) is 11.3 Å². The third-order valence-corrected chi connectivity index (χ3v) is 5.82. The van der Waals surface area contributed by atoms with Gasteiger partial charge in [-0.2, -0.15) is 0 Å². The van der Waals surface area contributed by atoms with Gasteiger partial charge in [0.05, 0.1) is 6.54 Å². The third kappa shape index (κ3) is 4.79. The molecule has 2 aliphatic rings. The van der Waals surface area contributed by atoms with Crippen LogP contribution in [0, 0.1) is 0 Å². The Kier molecular flexibility index (Phi) is 7.55. The van der Waals surface area contributed by atoms with Crippen molar-refractivity contribution in [2.24, 2.45) is 4.99 Å². The van der Waals surface area contributed by atoms with E-state index >= 15 is 0 Å². The maximum Gasteiger partial charge on any atom is 0.194 e. The van der Waals surface area contributed by atoms with Crippen LogP contribution >= 0.6 is 35.3 Å². The van der Waals surface area contributed by atoms with Crippen LogP contribution in [0.1, 0.15) is 36.1 Å². The molecule has 0 bridgehead atoms. The zero-order chi connectivity index (χ0) is 15.4. The van der Waals surface area contributed by atoms with E-state index in [0.717, 1.165) is 37.0 Å². The summed E-state index contributed by atoms with van der Waals surface area (Å²) in [7, 11) is 1.88. The number of aryl methyl sites for hydroxylation is 1. The number of thiazole rings is 1. The first kappa shape index (κ1) is 18.9. The summed E-state index contributed by atoms with van der Waals surface area (Å²) in [6.07, 6.45) is 7.05. The summed E-state index contributed by atoms with van der Waals surface area (Å²) in [5.41, 5.74) is 0. The minimum Gasteiger partial charge on any atom is -0.350 e. The standard InChI is InChI=1S/C16H27N5S.HI/c1-3-14-10-18-15(22-14)11-19-16(17-2)21-9-6-13(12-21)20-7-4-5-8-20;/h10,13H,3-9,11-12H2,1-2H3,(H,17,19);1H. The van der Waals surface area contributed by atoms with Crippen molar-refractivity contribution in [3.63, 3.8) is 0 Å². The second-order valence-corrected chi connectivity index (χ2v) is 7.31. The van der Waals surface area contributed by atoms with Gasteiger partial charge in [-0.3, -0.25) is 9.89 Å². The lowest BCUT2D eigenvalue weighted by molar-refractivity contribution is 0.249. The number of nitrogens with zero attached hydrogens (tertiary/aromatic N) is 4. The molecule has 0 amide bonds. The van der Waals surface area contributed by atoms with Gasteiger partial charge in [0.1, 0.15) is 5.01 Å². The molecule has 0 aliphatic carbocycles. The van der Waals surface area contributed by atoms with Gasteiger partial charge in [-0.05, 0) is 38.8 Å². The second kappa shape index (κ2) is 9.17. The molecule has 1 aromatic heterocycles. The molecule has 0 radical (unpaired) electrons. The smallest absolute Gasteiger partial charge is 0.194 e. The molecule has 0 spiro atoms. The Labute approximate surface area is 160 Å². The zero-order valence-electron chi connectivity index (χ0n) is 14.1. The van der Waals surface area contributed by atoms with Crippen LogP contribution in [0.15, 0.2) is 11.2 Å². The fourth-order valence-electron chi connectivity index (χ4n) is 3.42. The first-order valence-electron chi connectivity index (χ1n) is 8.43. The maximum absolute atomic E-state index is 4.47.